The molecule has 132 valence electrons. The van der Waals surface area contributed by atoms with Crippen LogP contribution in [0.5, 0.6) is 0 Å². The number of carbonyl (C=O) groups excluding carboxylic acids is 2. The molecule has 0 aliphatic heterocycles. The highest BCUT2D eigenvalue weighted by molar-refractivity contribution is 9.10. The van der Waals surface area contributed by atoms with Crippen molar-refractivity contribution in [3.05, 3.63) is 82.6 Å². The number of nitrogens with one attached hydrogen (secondary N) is 2. The average molecular weight is 413 g/mol. The number of halogens is 1. The third kappa shape index (κ3) is 4.80. The summed E-state index contributed by atoms with van der Waals surface area (Å²) in [7, 11) is 0. The minimum absolute atomic E-state index is 0.0816. The first kappa shape index (κ1) is 17.9. The monoisotopic (exact) mass is 412 g/mol. The smallest absolute Gasteiger partial charge is 0.251 e. The Hall–Kier alpha value is -2.93. The normalized spacial score (nSPS) is 10.3. The molecule has 26 heavy (non-hydrogen) atoms. The van der Waals surface area contributed by atoms with Crippen LogP contribution in [0.3, 0.4) is 0 Å². The predicted octanol–water partition coefficient (Wildman–Crippen LogP) is 2.68. The van der Waals surface area contributed by atoms with Crippen molar-refractivity contribution in [1.82, 2.24) is 20.4 Å². The predicted molar refractivity (Wildman–Crippen MR) is 102 cm³/mol. The summed E-state index contributed by atoms with van der Waals surface area (Å²) in [5, 5.41) is 9.64. The molecule has 0 atom stereocenters. The molecule has 3 aromatic rings. The van der Waals surface area contributed by atoms with Crippen molar-refractivity contribution in [1.29, 1.82) is 0 Å². The van der Waals surface area contributed by atoms with Gasteiger partial charge in [-0.05, 0) is 36.4 Å². The Morgan fingerprint density at radius 2 is 1.73 bits per heavy atom. The van der Waals surface area contributed by atoms with E-state index in [-0.39, 0.29) is 18.4 Å². The van der Waals surface area contributed by atoms with E-state index in [1.165, 1.54) is 0 Å². The maximum absolute atomic E-state index is 12.0. The van der Waals surface area contributed by atoms with Gasteiger partial charge in [-0.2, -0.15) is 5.10 Å². The van der Waals surface area contributed by atoms with E-state index in [4.69, 9.17) is 0 Å². The Morgan fingerprint density at radius 1 is 1.00 bits per heavy atom. The molecule has 0 radical (unpaired) electrons. The van der Waals surface area contributed by atoms with Crippen molar-refractivity contribution in [2.45, 2.75) is 6.54 Å². The molecule has 0 saturated heterocycles. The summed E-state index contributed by atoms with van der Waals surface area (Å²) < 4.78 is 2.64. The van der Waals surface area contributed by atoms with Crippen LogP contribution >= 0.6 is 15.9 Å². The molecular weight excluding hydrogens is 396 g/mol. The van der Waals surface area contributed by atoms with Gasteiger partial charge in [-0.15, -0.1) is 0 Å². The summed E-state index contributed by atoms with van der Waals surface area (Å²) in [4.78, 5) is 23.9. The fraction of sp³-hybridized carbons (Fsp3) is 0.105. The van der Waals surface area contributed by atoms with Gasteiger partial charge in [0, 0.05) is 28.3 Å². The van der Waals surface area contributed by atoms with Gasteiger partial charge in [-0.25, -0.2) is 4.68 Å². The summed E-state index contributed by atoms with van der Waals surface area (Å²) >= 11 is 3.31. The number of carbonyl (C=O) groups is 2. The van der Waals surface area contributed by atoms with Crippen molar-refractivity contribution in [3.8, 4) is 5.69 Å². The number of benzene rings is 2. The van der Waals surface area contributed by atoms with Crippen molar-refractivity contribution in [2.75, 3.05) is 6.54 Å². The van der Waals surface area contributed by atoms with E-state index in [0.717, 1.165) is 15.7 Å². The Balaban J connectivity index is 1.46. The lowest BCUT2D eigenvalue weighted by Gasteiger charge is -2.06. The molecule has 2 N–H and O–H groups in total. The van der Waals surface area contributed by atoms with Gasteiger partial charge in [-0.1, -0.05) is 34.1 Å². The minimum atomic E-state index is -0.287. The summed E-state index contributed by atoms with van der Waals surface area (Å²) in [6.07, 6.45) is 3.56. The van der Waals surface area contributed by atoms with Crippen LogP contribution in [-0.2, 0) is 11.3 Å². The second-order valence-corrected chi connectivity index (χ2v) is 6.51. The fourth-order valence-electron chi connectivity index (χ4n) is 2.30. The molecular formula is C19H17BrN4O2. The number of nitrogens with zero attached hydrogens (tertiary/aromatic N) is 2. The zero-order chi connectivity index (χ0) is 18.4. The van der Waals surface area contributed by atoms with Gasteiger partial charge in [0.15, 0.2) is 0 Å². The lowest BCUT2D eigenvalue weighted by Crippen LogP contribution is -2.36. The van der Waals surface area contributed by atoms with Crippen LogP contribution in [0.2, 0.25) is 0 Å². The second-order valence-electron chi connectivity index (χ2n) is 5.60. The summed E-state index contributed by atoms with van der Waals surface area (Å²) in [5.41, 5.74) is 2.33. The van der Waals surface area contributed by atoms with Crippen LogP contribution in [0.1, 0.15) is 15.9 Å². The van der Waals surface area contributed by atoms with Gasteiger partial charge >= 0.3 is 0 Å². The number of hydrogen-bond acceptors (Lipinski definition) is 3. The SMILES string of the molecule is O=C(CNC(=O)c1ccc(Br)cc1)NCc1cnn(-c2ccccc2)c1. The first-order chi connectivity index (χ1) is 12.6. The summed E-state index contributed by atoms with van der Waals surface area (Å²) in [6, 6.07) is 16.7. The van der Waals surface area contributed by atoms with Gasteiger partial charge in [-0.3, -0.25) is 9.59 Å². The van der Waals surface area contributed by atoms with Crippen LogP contribution < -0.4 is 10.6 Å². The zero-order valence-electron chi connectivity index (χ0n) is 13.9. The van der Waals surface area contributed by atoms with Gasteiger partial charge in [0.25, 0.3) is 5.91 Å². The van der Waals surface area contributed by atoms with Crippen molar-refractivity contribution < 1.29 is 9.59 Å². The Labute approximate surface area is 159 Å². The van der Waals surface area contributed by atoms with Crippen molar-refractivity contribution in [2.24, 2.45) is 0 Å². The Kier molecular flexibility index (Phi) is 5.80. The van der Waals surface area contributed by atoms with Crippen LogP contribution in [0.4, 0.5) is 0 Å². The van der Waals surface area contributed by atoms with Crippen LogP contribution in [0.25, 0.3) is 5.69 Å². The molecule has 0 saturated carbocycles. The zero-order valence-corrected chi connectivity index (χ0v) is 15.4. The molecule has 0 bridgehead atoms. The van der Waals surface area contributed by atoms with E-state index in [1.54, 1.807) is 35.1 Å². The molecule has 1 aromatic heterocycles. The average Bonchev–Trinajstić information content (AvgIpc) is 3.15. The molecule has 6 nitrogen and oxygen atoms in total. The van der Waals surface area contributed by atoms with E-state index in [1.807, 2.05) is 36.5 Å². The quantitative estimate of drug-likeness (QED) is 0.653. The highest BCUT2D eigenvalue weighted by Crippen LogP contribution is 2.10. The van der Waals surface area contributed by atoms with E-state index in [0.29, 0.717) is 12.1 Å². The Morgan fingerprint density at radius 3 is 2.46 bits per heavy atom. The third-order valence-electron chi connectivity index (χ3n) is 3.66. The number of aromatic nitrogens is 2. The highest BCUT2D eigenvalue weighted by Gasteiger charge is 2.08. The van der Waals surface area contributed by atoms with Gasteiger partial charge in [0.2, 0.25) is 5.91 Å². The Bertz CT molecular complexity index is 891. The molecule has 0 fully saturated rings. The molecule has 2 aromatic carbocycles. The molecule has 2 amide bonds. The van der Waals surface area contributed by atoms with Gasteiger partial charge in [0.05, 0.1) is 18.4 Å². The number of hydrogen-bond donors (Lipinski definition) is 2. The van der Waals surface area contributed by atoms with E-state index in [2.05, 4.69) is 31.7 Å². The van der Waals surface area contributed by atoms with E-state index < -0.39 is 0 Å². The molecule has 0 aliphatic rings. The molecule has 0 aliphatic carbocycles. The van der Waals surface area contributed by atoms with Crippen LogP contribution in [0, 0.1) is 0 Å². The van der Waals surface area contributed by atoms with Gasteiger partial charge < -0.3 is 10.6 Å². The number of para-hydroxylation sites is 1. The van der Waals surface area contributed by atoms with E-state index >= 15 is 0 Å². The summed E-state index contributed by atoms with van der Waals surface area (Å²) in [5.74, 6) is -0.549. The highest BCUT2D eigenvalue weighted by atomic mass is 79.9. The lowest BCUT2D eigenvalue weighted by atomic mass is 10.2. The molecule has 3 rings (SSSR count). The first-order valence-electron chi connectivity index (χ1n) is 8.01. The largest absolute Gasteiger partial charge is 0.350 e. The molecule has 7 heteroatoms. The van der Waals surface area contributed by atoms with Crippen LogP contribution in [0.15, 0.2) is 71.5 Å². The van der Waals surface area contributed by atoms with Gasteiger partial charge in [0.1, 0.15) is 0 Å². The first-order valence-corrected chi connectivity index (χ1v) is 8.80. The fourth-order valence-corrected chi connectivity index (χ4v) is 2.56. The lowest BCUT2D eigenvalue weighted by molar-refractivity contribution is -0.120. The topological polar surface area (TPSA) is 76.0 Å². The number of amides is 2. The van der Waals surface area contributed by atoms with E-state index in [9.17, 15) is 9.59 Å². The van der Waals surface area contributed by atoms with Crippen LogP contribution in [-0.4, -0.2) is 28.1 Å². The molecule has 1 heterocycles. The van der Waals surface area contributed by atoms with Crippen molar-refractivity contribution in [3.63, 3.8) is 0 Å². The summed E-state index contributed by atoms with van der Waals surface area (Å²) in [6.45, 7) is 0.265. The minimum Gasteiger partial charge on any atom is -0.350 e. The number of rotatable bonds is 6. The molecule has 0 spiro atoms. The second kappa shape index (κ2) is 8.44. The standard InChI is InChI=1S/C19H17BrN4O2/c20-16-8-6-15(7-9-16)19(26)22-12-18(25)21-10-14-11-23-24(13-14)17-4-2-1-3-5-17/h1-9,11,13H,10,12H2,(H,21,25)(H,22,26). The molecule has 0 unspecified atom stereocenters. The van der Waals surface area contributed by atoms with Crippen molar-refractivity contribution >= 4 is 27.7 Å². The maximum Gasteiger partial charge on any atom is 0.251 e. The third-order valence-corrected chi connectivity index (χ3v) is 4.19. The maximum atomic E-state index is 12.0.